The Hall–Kier alpha value is -2.56. The van der Waals surface area contributed by atoms with Crippen molar-refractivity contribution in [2.45, 2.75) is 69.9 Å². The second-order valence-corrected chi connectivity index (χ2v) is 10.3. The van der Waals surface area contributed by atoms with E-state index in [0.29, 0.717) is 12.8 Å². The highest BCUT2D eigenvalue weighted by molar-refractivity contribution is 5.82. The van der Waals surface area contributed by atoms with Gasteiger partial charge in [-0.15, -0.1) is 0 Å². The Bertz CT molecular complexity index is 1200. The molecular formula is C25H28F6N2O3. The predicted molar refractivity (Wildman–Crippen MR) is 120 cm³/mol. The van der Waals surface area contributed by atoms with Crippen molar-refractivity contribution in [3.8, 4) is 0 Å². The summed E-state index contributed by atoms with van der Waals surface area (Å²) in [5.41, 5.74) is -3.60. The average molecular weight is 518 g/mol. The molecule has 0 radical (unpaired) electrons. The Labute approximate surface area is 203 Å². The van der Waals surface area contributed by atoms with E-state index in [1.54, 1.807) is 0 Å². The van der Waals surface area contributed by atoms with E-state index in [2.05, 4.69) is 0 Å². The molecule has 0 bridgehead atoms. The van der Waals surface area contributed by atoms with Gasteiger partial charge in [0, 0.05) is 36.0 Å². The van der Waals surface area contributed by atoms with E-state index in [9.17, 15) is 41.0 Å². The van der Waals surface area contributed by atoms with Crippen molar-refractivity contribution in [2.24, 2.45) is 11.3 Å². The number of aliphatic hydroxyl groups is 1. The first-order valence-corrected chi connectivity index (χ1v) is 11.9. The molecule has 2 atom stereocenters. The van der Waals surface area contributed by atoms with Crippen LogP contribution in [0.4, 0.5) is 26.3 Å². The molecule has 1 unspecified atom stereocenters. The number of fused-ring (bicyclic) bond motifs is 1. The third kappa shape index (κ3) is 4.99. The molecule has 5 nitrogen and oxygen atoms in total. The van der Waals surface area contributed by atoms with Crippen molar-refractivity contribution in [3.05, 3.63) is 46.4 Å². The number of carbonyl (C=O) groups excluding carboxylic acids is 1. The summed E-state index contributed by atoms with van der Waals surface area (Å²) in [6, 6.07) is 4.26. The maximum atomic E-state index is 13.1. The molecule has 4 rings (SSSR count). The molecule has 2 heterocycles. The number of piperidine rings is 1. The van der Waals surface area contributed by atoms with Crippen LogP contribution in [0.1, 0.15) is 51.0 Å². The van der Waals surface area contributed by atoms with Crippen molar-refractivity contribution >= 4 is 16.7 Å². The molecule has 1 aliphatic heterocycles. The summed E-state index contributed by atoms with van der Waals surface area (Å²) in [6.07, 6.45) is -6.14. The van der Waals surface area contributed by atoms with Crippen LogP contribution in [0.5, 0.6) is 0 Å². The number of pyridine rings is 1. The Morgan fingerprint density at radius 1 is 1.08 bits per heavy atom. The molecule has 1 N–H and O–H groups in total. The largest absolute Gasteiger partial charge is 0.416 e. The van der Waals surface area contributed by atoms with E-state index in [4.69, 9.17) is 0 Å². The minimum atomic E-state index is -4.55. The second kappa shape index (κ2) is 9.08. The Balaban J connectivity index is 1.60. The van der Waals surface area contributed by atoms with Crippen molar-refractivity contribution in [1.29, 1.82) is 0 Å². The molecule has 2 fully saturated rings. The Morgan fingerprint density at radius 2 is 1.75 bits per heavy atom. The maximum absolute atomic E-state index is 13.1. The Kier molecular flexibility index (Phi) is 6.68. The molecule has 11 heteroatoms. The fraction of sp³-hybridized carbons (Fsp3) is 0.600. The lowest BCUT2D eigenvalue weighted by Gasteiger charge is -2.52. The van der Waals surface area contributed by atoms with Crippen LogP contribution in [0.2, 0.25) is 0 Å². The van der Waals surface area contributed by atoms with Crippen LogP contribution < -0.4 is 5.56 Å². The van der Waals surface area contributed by atoms with Gasteiger partial charge in [-0.3, -0.25) is 9.59 Å². The number of nitrogens with zero attached hydrogens (tertiary/aromatic N) is 2. The van der Waals surface area contributed by atoms with Crippen LogP contribution in [0.25, 0.3) is 10.8 Å². The lowest BCUT2D eigenvalue weighted by atomic mass is 9.65. The van der Waals surface area contributed by atoms with Crippen LogP contribution in [0.3, 0.4) is 0 Å². The summed E-state index contributed by atoms with van der Waals surface area (Å²) < 4.78 is 78.9. The normalized spacial score (nSPS) is 23.4. The monoisotopic (exact) mass is 518 g/mol. The van der Waals surface area contributed by atoms with E-state index in [0.717, 1.165) is 31.0 Å². The second-order valence-electron chi connectivity index (χ2n) is 10.3. The summed E-state index contributed by atoms with van der Waals surface area (Å²) in [5.74, 6) is -1.84. The first-order chi connectivity index (χ1) is 16.6. The van der Waals surface area contributed by atoms with Crippen molar-refractivity contribution < 1.29 is 36.2 Å². The molecule has 1 saturated heterocycles. The van der Waals surface area contributed by atoms with E-state index in [-0.39, 0.29) is 36.8 Å². The topological polar surface area (TPSA) is 62.5 Å². The number of carbonyl (C=O) groups is 1. The number of likely N-dealkylation sites (tertiary alicyclic amines) is 1. The molecule has 1 aliphatic carbocycles. The van der Waals surface area contributed by atoms with Crippen LogP contribution >= 0.6 is 0 Å². The lowest BCUT2D eigenvalue weighted by Crippen LogP contribution is -2.62. The zero-order chi connectivity index (χ0) is 26.5. The van der Waals surface area contributed by atoms with Crippen molar-refractivity contribution in [2.75, 3.05) is 13.1 Å². The first-order valence-electron chi connectivity index (χ1n) is 11.9. The predicted octanol–water partition coefficient (Wildman–Crippen LogP) is 5.13. The quantitative estimate of drug-likeness (QED) is 0.571. The Morgan fingerprint density at radius 3 is 2.36 bits per heavy atom. The molecular weight excluding hydrogens is 490 g/mol. The SMILES string of the molecule is C[C@H](CC(F)(F)F)C(=O)N1CCC(O)(Cn2ccc3cc(C(F)(F)F)ccc3c2=O)C2(CCCC2)C1. The molecule has 1 saturated carbocycles. The summed E-state index contributed by atoms with van der Waals surface area (Å²) in [5, 5.41) is 12.0. The molecule has 1 amide bonds. The van der Waals surface area contributed by atoms with E-state index in [1.807, 2.05) is 0 Å². The van der Waals surface area contributed by atoms with Gasteiger partial charge >= 0.3 is 12.4 Å². The van der Waals surface area contributed by atoms with E-state index < -0.39 is 52.7 Å². The molecule has 198 valence electrons. The minimum absolute atomic E-state index is 0.0521. The van der Waals surface area contributed by atoms with Gasteiger partial charge in [0.1, 0.15) is 0 Å². The fourth-order valence-electron chi connectivity index (χ4n) is 5.90. The fourth-order valence-corrected chi connectivity index (χ4v) is 5.90. The molecule has 2 aliphatic rings. The summed E-state index contributed by atoms with van der Waals surface area (Å²) in [6.45, 7) is 1.28. The highest BCUT2D eigenvalue weighted by Crippen LogP contribution is 2.52. The molecule has 1 aromatic carbocycles. The number of hydrogen-bond donors (Lipinski definition) is 1. The van der Waals surface area contributed by atoms with E-state index >= 15 is 0 Å². The molecule has 1 spiro atoms. The van der Waals surface area contributed by atoms with Gasteiger partial charge in [-0.05, 0) is 48.9 Å². The van der Waals surface area contributed by atoms with Crippen LogP contribution in [-0.4, -0.2) is 45.3 Å². The maximum Gasteiger partial charge on any atom is 0.416 e. The zero-order valence-corrected chi connectivity index (χ0v) is 19.8. The third-order valence-electron chi connectivity index (χ3n) is 7.84. The highest BCUT2D eigenvalue weighted by atomic mass is 19.4. The van der Waals surface area contributed by atoms with Gasteiger partial charge in [0.2, 0.25) is 5.91 Å². The smallest absolute Gasteiger partial charge is 0.387 e. The number of hydrogen-bond acceptors (Lipinski definition) is 3. The average Bonchev–Trinajstić information content (AvgIpc) is 3.25. The van der Waals surface area contributed by atoms with Gasteiger partial charge in [-0.1, -0.05) is 19.8 Å². The van der Waals surface area contributed by atoms with Crippen LogP contribution in [0, 0.1) is 11.3 Å². The van der Waals surface area contributed by atoms with Crippen LogP contribution in [-0.2, 0) is 17.5 Å². The standard InChI is InChI=1S/C25H28F6N2O3/c1-16(13-24(26,27)28)20(34)33-11-9-23(36,22(14-33)7-2-3-8-22)15-32-10-6-17-12-18(25(29,30)31)4-5-19(17)21(32)35/h4-6,10,12,16,36H,2-3,7-9,11,13-15H2,1H3/t16-,23?/m1/s1. The van der Waals surface area contributed by atoms with Gasteiger partial charge in [-0.25, -0.2) is 0 Å². The van der Waals surface area contributed by atoms with Crippen molar-refractivity contribution in [3.63, 3.8) is 0 Å². The number of amides is 1. The third-order valence-corrected chi connectivity index (χ3v) is 7.84. The van der Waals surface area contributed by atoms with Crippen LogP contribution in [0.15, 0.2) is 35.3 Å². The molecule has 1 aromatic heterocycles. The van der Waals surface area contributed by atoms with E-state index in [1.165, 1.54) is 28.7 Å². The minimum Gasteiger partial charge on any atom is -0.387 e. The molecule has 2 aromatic rings. The number of benzene rings is 1. The zero-order valence-electron chi connectivity index (χ0n) is 19.8. The van der Waals surface area contributed by atoms with Gasteiger partial charge in [-0.2, -0.15) is 26.3 Å². The summed E-state index contributed by atoms with van der Waals surface area (Å²) in [7, 11) is 0. The van der Waals surface area contributed by atoms with Gasteiger partial charge in [0.25, 0.3) is 5.56 Å². The molecule has 36 heavy (non-hydrogen) atoms. The van der Waals surface area contributed by atoms with Gasteiger partial charge < -0.3 is 14.6 Å². The first kappa shape index (κ1) is 26.5. The highest BCUT2D eigenvalue weighted by Gasteiger charge is 2.56. The van der Waals surface area contributed by atoms with Crippen molar-refractivity contribution in [1.82, 2.24) is 9.47 Å². The van der Waals surface area contributed by atoms with Gasteiger partial charge in [0.15, 0.2) is 0 Å². The summed E-state index contributed by atoms with van der Waals surface area (Å²) in [4.78, 5) is 27.3. The number of rotatable bonds is 4. The number of halogens is 6. The summed E-state index contributed by atoms with van der Waals surface area (Å²) >= 11 is 0. The lowest BCUT2D eigenvalue weighted by molar-refractivity contribution is -0.172. The number of alkyl halides is 6. The number of aromatic nitrogens is 1. The van der Waals surface area contributed by atoms with Gasteiger partial charge in [0.05, 0.1) is 24.1 Å².